The number of phosphoric ester groups is 1. The fourth-order valence-electron chi connectivity index (χ4n) is 4.76. The first kappa shape index (κ1) is 45.2. The zero-order valence-corrected chi connectivity index (χ0v) is 30.7. The molecule has 2 atom stereocenters. The lowest BCUT2D eigenvalue weighted by Gasteiger charge is -2.19. The van der Waals surface area contributed by atoms with Crippen molar-refractivity contribution in [3.05, 3.63) is 36.5 Å². The van der Waals surface area contributed by atoms with Gasteiger partial charge in [-0.3, -0.25) is 18.6 Å². The van der Waals surface area contributed by atoms with Crippen LogP contribution in [-0.4, -0.2) is 49.3 Å². The lowest BCUT2D eigenvalue weighted by Crippen LogP contribution is -2.29. The molecule has 0 saturated heterocycles. The lowest BCUT2D eigenvalue weighted by atomic mass is 10.1. The molecule has 274 valence electrons. The van der Waals surface area contributed by atoms with E-state index in [4.69, 9.17) is 24.3 Å². The third-order valence-electron chi connectivity index (χ3n) is 7.53. The molecule has 3 N–H and O–H groups in total. The van der Waals surface area contributed by atoms with Crippen LogP contribution in [-0.2, 0) is 32.7 Å². The van der Waals surface area contributed by atoms with Crippen LogP contribution in [0.5, 0.6) is 0 Å². The summed E-state index contributed by atoms with van der Waals surface area (Å²) in [5.74, 6) is -0.860. The predicted molar refractivity (Wildman–Crippen MR) is 192 cm³/mol. The summed E-state index contributed by atoms with van der Waals surface area (Å²) < 4.78 is 32.4. The van der Waals surface area contributed by atoms with E-state index in [0.717, 1.165) is 83.5 Å². The molecule has 0 aliphatic rings. The monoisotopic (exact) mass is 685 g/mol. The van der Waals surface area contributed by atoms with Crippen LogP contribution in [0.25, 0.3) is 0 Å². The van der Waals surface area contributed by atoms with Gasteiger partial charge in [0.2, 0.25) is 0 Å². The quantitative estimate of drug-likeness (QED) is 0.0294. The van der Waals surface area contributed by atoms with E-state index < -0.39 is 32.5 Å². The summed E-state index contributed by atoms with van der Waals surface area (Å²) in [6, 6.07) is 0. The molecule has 0 saturated carbocycles. The van der Waals surface area contributed by atoms with Gasteiger partial charge in [0.1, 0.15) is 6.61 Å². The van der Waals surface area contributed by atoms with Crippen molar-refractivity contribution < 1.29 is 37.6 Å². The first-order valence-electron chi connectivity index (χ1n) is 18.5. The van der Waals surface area contributed by atoms with E-state index in [1.807, 2.05) is 0 Å². The van der Waals surface area contributed by atoms with Gasteiger partial charge in [-0.05, 0) is 51.4 Å². The van der Waals surface area contributed by atoms with Crippen LogP contribution in [0.1, 0.15) is 155 Å². The molecular weight excluding hydrogens is 617 g/mol. The van der Waals surface area contributed by atoms with Gasteiger partial charge in [-0.1, -0.05) is 127 Å². The fourth-order valence-corrected chi connectivity index (χ4v) is 5.52. The highest BCUT2D eigenvalue weighted by Crippen LogP contribution is 2.43. The zero-order valence-electron chi connectivity index (χ0n) is 29.8. The van der Waals surface area contributed by atoms with Crippen molar-refractivity contribution in [3.63, 3.8) is 0 Å². The van der Waals surface area contributed by atoms with Crippen molar-refractivity contribution in [3.8, 4) is 0 Å². The molecule has 0 amide bonds. The van der Waals surface area contributed by atoms with Crippen LogP contribution < -0.4 is 5.73 Å². The SMILES string of the molecule is CCCCCCC/C=C\C/C=C\C/C=C\CCCCCCCCC(=O)OC(COC(=O)CCCCCCC)COP(=O)(O)OCCN. The Morgan fingerprint density at radius 1 is 0.638 bits per heavy atom. The number of unbranched alkanes of at least 4 members (excludes halogenated alkanes) is 15. The Morgan fingerprint density at radius 2 is 1.11 bits per heavy atom. The maximum absolute atomic E-state index is 12.5. The van der Waals surface area contributed by atoms with Gasteiger partial charge in [0.15, 0.2) is 6.10 Å². The number of hydrogen-bond donors (Lipinski definition) is 2. The molecule has 0 rings (SSSR count). The summed E-state index contributed by atoms with van der Waals surface area (Å²) in [5, 5.41) is 0. The molecule has 0 radical (unpaired) electrons. The minimum Gasteiger partial charge on any atom is -0.462 e. The van der Waals surface area contributed by atoms with Gasteiger partial charge in [-0.25, -0.2) is 4.57 Å². The van der Waals surface area contributed by atoms with E-state index in [2.05, 4.69) is 50.3 Å². The van der Waals surface area contributed by atoms with Crippen LogP contribution >= 0.6 is 7.82 Å². The third kappa shape index (κ3) is 33.9. The largest absolute Gasteiger partial charge is 0.472 e. The lowest BCUT2D eigenvalue weighted by molar-refractivity contribution is -0.161. The molecule has 0 aliphatic heterocycles. The highest BCUT2D eigenvalue weighted by molar-refractivity contribution is 7.47. The number of rotatable bonds is 34. The molecule has 0 aromatic carbocycles. The van der Waals surface area contributed by atoms with Gasteiger partial charge in [-0.15, -0.1) is 0 Å². The minimum atomic E-state index is -4.36. The van der Waals surface area contributed by atoms with E-state index in [1.165, 1.54) is 38.5 Å². The Balaban J connectivity index is 4.10. The number of carbonyl (C=O) groups is 2. The van der Waals surface area contributed by atoms with E-state index in [9.17, 15) is 19.0 Å². The van der Waals surface area contributed by atoms with Gasteiger partial charge in [0.25, 0.3) is 0 Å². The summed E-state index contributed by atoms with van der Waals surface area (Å²) >= 11 is 0. The standard InChI is InChI=1S/C37H68NO8P/c1-3-5-7-9-10-11-12-13-14-15-16-17-18-19-20-21-22-23-24-26-28-30-37(40)46-35(34-45-47(41,42)44-32-31-38)33-43-36(39)29-27-25-8-6-4-2/h12-13,15-16,18-19,35H,3-11,14,17,20-34,38H2,1-2H3,(H,41,42)/b13-12-,16-15-,19-18-. The fraction of sp³-hybridized carbons (Fsp3) is 0.784. The van der Waals surface area contributed by atoms with Crippen LogP contribution in [0.2, 0.25) is 0 Å². The maximum Gasteiger partial charge on any atom is 0.472 e. The molecule has 47 heavy (non-hydrogen) atoms. The number of phosphoric acid groups is 1. The minimum absolute atomic E-state index is 0.0505. The van der Waals surface area contributed by atoms with Crippen molar-refractivity contribution in [2.45, 2.75) is 161 Å². The van der Waals surface area contributed by atoms with Gasteiger partial charge < -0.3 is 20.1 Å². The maximum atomic E-state index is 12.5. The number of allylic oxidation sites excluding steroid dienone is 6. The Labute approximate surface area is 286 Å². The first-order chi connectivity index (χ1) is 22.8. The van der Waals surface area contributed by atoms with E-state index >= 15 is 0 Å². The molecule has 9 nitrogen and oxygen atoms in total. The summed E-state index contributed by atoms with van der Waals surface area (Å²) in [5.41, 5.74) is 5.31. The zero-order chi connectivity index (χ0) is 34.7. The normalized spacial score (nSPS) is 13.9. The number of nitrogens with two attached hydrogens (primary N) is 1. The van der Waals surface area contributed by atoms with Crippen molar-refractivity contribution in [2.75, 3.05) is 26.4 Å². The molecule has 0 aliphatic carbocycles. The van der Waals surface area contributed by atoms with Crippen LogP contribution in [0.3, 0.4) is 0 Å². The van der Waals surface area contributed by atoms with Crippen molar-refractivity contribution >= 4 is 19.8 Å². The van der Waals surface area contributed by atoms with E-state index in [0.29, 0.717) is 6.42 Å². The summed E-state index contributed by atoms with van der Waals surface area (Å²) in [6.45, 7) is 3.58. The average molecular weight is 686 g/mol. The smallest absolute Gasteiger partial charge is 0.462 e. The van der Waals surface area contributed by atoms with Crippen LogP contribution in [0.4, 0.5) is 0 Å². The Bertz CT molecular complexity index is 876. The van der Waals surface area contributed by atoms with Gasteiger partial charge in [-0.2, -0.15) is 0 Å². The predicted octanol–water partition coefficient (Wildman–Crippen LogP) is 9.82. The van der Waals surface area contributed by atoms with Gasteiger partial charge in [0.05, 0.1) is 13.2 Å². The molecule has 0 spiro atoms. The number of ether oxygens (including phenoxy) is 2. The van der Waals surface area contributed by atoms with Gasteiger partial charge >= 0.3 is 19.8 Å². The highest BCUT2D eigenvalue weighted by atomic mass is 31.2. The second-order valence-electron chi connectivity index (χ2n) is 12.1. The van der Waals surface area contributed by atoms with Crippen molar-refractivity contribution in [2.24, 2.45) is 5.73 Å². The second kappa shape index (κ2) is 34.1. The summed E-state index contributed by atoms with van der Waals surface area (Å²) in [6.07, 6.45) is 35.1. The molecule has 0 aromatic rings. The Morgan fingerprint density at radius 3 is 1.64 bits per heavy atom. The molecule has 0 fully saturated rings. The number of carbonyl (C=O) groups excluding carboxylic acids is 2. The average Bonchev–Trinajstić information content (AvgIpc) is 3.05. The summed E-state index contributed by atoms with van der Waals surface area (Å²) in [7, 11) is -4.36. The second-order valence-corrected chi connectivity index (χ2v) is 13.5. The molecule has 2 unspecified atom stereocenters. The van der Waals surface area contributed by atoms with E-state index in [-0.39, 0.29) is 32.6 Å². The van der Waals surface area contributed by atoms with Crippen LogP contribution in [0, 0.1) is 0 Å². The highest BCUT2D eigenvalue weighted by Gasteiger charge is 2.25. The first-order valence-corrected chi connectivity index (χ1v) is 20.0. The molecule has 0 aromatic heterocycles. The van der Waals surface area contributed by atoms with Gasteiger partial charge in [0, 0.05) is 19.4 Å². The van der Waals surface area contributed by atoms with Crippen molar-refractivity contribution in [1.82, 2.24) is 0 Å². The van der Waals surface area contributed by atoms with Crippen molar-refractivity contribution in [1.29, 1.82) is 0 Å². The third-order valence-corrected chi connectivity index (χ3v) is 8.51. The Kier molecular flexibility index (Phi) is 32.8. The topological polar surface area (TPSA) is 134 Å². The number of esters is 2. The summed E-state index contributed by atoms with van der Waals surface area (Å²) in [4.78, 5) is 34.4. The molecule has 0 bridgehead atoms. The Hall–Kier alpha value is -1.77. The molecular formula is C37H68NO8P. The van der Waals surface area contributed by atoms with E-state index in [1.54, 1.807) is 0 Å². The molecule has 10 heteroatoms. The number of hydrogen-bond acceptors (Lipinski definition) is 8. The van der Waals surface area contributed by atoms with Crippen LogP contribution in [0.15, 0.2) is 36.5 Å². The molecule has 0 heterocycles.